The fraction of sp³-hybridized carbons (Fsp3) is 0.400. The van der Waals surface area contributed by atoms with E-state index in [0.717, 1.165) is 16.3 Å². The molecule has 0 saturated carbocycles. The highest BCUT2D eigenvalue weighted by atomic mass is 19.4. The molecular weight excluding hydrogens is 281 g/mol. The molecular formula is C15H17F3N2O. The Morgan fingerprint density at radius 2 is 2.00 bits per heavy atom. The molecule has 1 atom stereocenters. The molecule has 0 bridgehead atoms. The van der Waals surface area contributed by atoms with Gasteiger partial charge in [-0.15, -0.1) is 0 Å². The standard InChI is InChI=1S/C15H17F3N2O/c1-2-20-14(9-21-10-15(16,17)18)13-8-19-7-11-5-3-4-6-12(11)13/h3-8,14,20H,2,9-10H2,1H3. The lowest BCUT2D eigenvalue weighted by Crippen LogP contribution is -2.28. The van der Waals surface area contributed by atoms with Crippen LogP contribution in [0.5, 0.6) is 0 Å². The number of ether oxygens (including phenoxy) is 1. The number of rotatable bonds is 6. The van der Waals surface area contributed by atoms with Crippen molar-refractivity contribution >= 4 is 10.8 Å². The number of alkyl halides is 3. The van der Waals surface area contributed by atoms with Crippen molar-refractivity contribution in [3.63, 3.8) is 0 Å². The number of hydrogen-bond donors (Lipinski definition) is 1. The van der Waals surface area contributed by atoms with E-state index >= 15 is 0 Å². The average Bonchev–Trinajstić information content (AvgIpc) is 2.44. The Morgan fingerprint density at radius 3 is 2.71 bits per heavy atom. The molecule has 0 amide bonds. The maximum absolute atomic E-state index is 12.2. The molecule has 21 heavy (non-hydrogen) atoms. The van der Waals surface area contributed by atoms with Crippen LogP contribution in [-0.2, 0) is 4.74 Å². The first-order valence-electron chi connectivity index (χ1n) is 6.72. The van der Waals surface area contributed by atoms with Crippen LogP contribution in [0.1, 0.15) is 18.5 Å². The van der Waals surface area contributed by atoms with Crippen molar-refractivity contribution in [3.05, 3.63) is 42.2 Å². The van der Waals surface area contributed by atoms with Gasteiger partial charge in [-0.2, -0.15) is 13.2 Å². The molecule has 1 aromatic heterocycles. The van der Waals surface area contributed by atoms with E-state index in [2.05, 4.69) is 10.3 Å². The van der Waals surface area contributed by atoms with Crippen molar-refractivity contribution < 1.29 is 17.9 Å². The molecule has 0 aliphatic carbocycles. The molecule has 1 unspecified atom stereocenters. The Balaban J connectivity index is 2.20. The SMILES string of the molecule is CCNC(COCC(F)(F)F)c1cncc2ccccc12. The third-order valence-corrected chi connectivity index (χ3v) is 3.08. The van der Waals surface area contributed by atoms with Gasteiger partial charge in [0, 0.05) is 17.8 Å². The summed E-state index contributed by atoms with van der Waals surface area (Å²) in [5, 5.41) is 5.06. The van der Waals surface area contributed by atoms with Gasteiger partial charge < -0.3 is 10.1 Å². The third-order valence-electron chi connectivity index (χ3n) is 3.08. The number of aromatic nitrogens is 1. The minimum absolute atomic E-state index is 0.0525. The van der Waals surface area contributed by atoms with E-state index in [4.69, 9.17) is 4.74 Å². The number of pyridine rings is 1. The summed E-state index contributed by atoms with van der Waals surface area (Å²) in [6, 6.07) is 7.32. The van der Waals surface area contributed by atoms with Crippen LogP contribution in [0, 0.1) is 0 Å². The minimum atomic E-state index is -4.31. The van der Waals surface area contributed by atoms with Gasteiger partial charge in [0.05, 0.1) is 12.6 Å². The molecule has 0 saturated heterocycles. The Morgan fingerprint density at radius 1 is 1.24 bits per heavy atom. The number of hydrogen-bond acceptors (Lipinski definition) is 3. The minimum Gasteiger partial charge on any atom is -0.370 e. The summed E-state index contributed by atoms with van der Waals surface area (Å²) in [4.78, 5) is 4.16. The molecule has 1 aromatic carbocycles. The second-order valence-electron chi connectivity index (χ2n) is 4.69. The Kier molecular flexibility index (Phi) is 5.14. The van der Waals surface area contributed by atoms with Crippen molar-refractivity contribution in [2.24, 2.45) is 0 Å². The number of likely N-dealkylation sites (N-methyl/N-ethyl adjacent to an activating group) is 1. The van der Waals surface area contributed by atoms with E-state index in [-0.39, 0.29) is 12.6 Å². The number of nitrogens with one attached hydrogen (secondary N) is 1. The molecule has 2 aromatic rings. The maximum Gasteiger partial charge on any atom is 0.411 e. The molecule has 3 nitrogen and oxygen atoms in total. The van der Waals surface area contributed by atoms with Crippen LogP contribution < -0.4 is 5.32 Å². The molecule has 0 fully saturated rings. The molecule has 114 valence electrons. The van der Waals surface area contributed by atoms with Crippen LogP contribution in [0.15, 0.2) is 36.7 Å². The zero-order valence-electron chi connectivity index (χ0n) is 11.7. The first-order chi connectivity index (χ1) is 10.0. The number of halogens is 3. The smallest absolute Gasteiger partial charge is 0.370 e. The van der Waals surface area contributed by atoms with Crippen LogP contribution in [0.25, 0.3) is 10.8 Å². The molecule has 0 aliphatic rings. The summed E-state index contributed by atoms with van der Waals surface area (Å²) in [7, 11) is 0. The second-order valence-corrected chi connectivity index (χ2v) is 4.69. The lowest BCUT2D eigenvalue weighted by molar-refractivity contribution is -0.175. The monoisotopic (exact) mass is 298 g/mol. The number of benzene rings is 1. The lowest BCUT2D eigenvalue weighted by Gasteiger charge is -2.20. The summed E-state index contributed by atoms with van der Waals surface area (Å²) in [6.45, 7) is 1.23. The van der Waals surface area contributed by atoms with Crippen molar-refractivity contribution in [2.45, 2.75) is 19.1 Å². The van der Waals surface area contributed by atoms with E-state index < -0.39 is 12.8 Å². The topological polar surface area (TPSA) is 34.1 Å². The number of fused-ring (bicyclic) bond motifs is 1. The normalized spacial score (nSPS) is 13.5. The molecule has 1 heterocycles. The van der Waals surface area contributed by atoms with Crippen molar-refractivity contribution in [3.8, 4) is 0 Å². The van der Waals surface area contributed by atoms with Gasteiger partial charge in [-0.1, -0.05) is 31.2 Å². The second kappa shape index (κ2) is 6.87. The first kappa shape index (κ1) is 15.7. The van der Waals surface area contributed by atoms with E-state index in [1.807, 2.05) is 31.2 Å². The molecule has 1 N–H and O–H groups in total. The first-order valence-corrected chi connectivity index (χ1v) is 6.72. The van der Waals surface area contributed by atoms with E-state index in [0.29, 0.717) is 6.54 Å². The summed E-state index contributed by atoms with van der Waals surface area (Å²) in [5.74, 6) is 0. The van der Waals surface area contributed by atoms with Gasteiger partial charge in [-0.05, 0) is 17.5 Å². The van der Waals surface area contributed by atoms with Crippen molar-refractivity contribution in [1.29, 1.82) is 0 Å². The van der Waals surface area contributed by atoms with E-state index in [1.165, 1.54) is 0 Å². The molecule has 2 rings (SSSR count). The third kappa shape index (κ3) is 4.41. The summed E-state index contributed by atoms with van der Waals surface area (Å²) >= 11 is 0. The number of nitrogens with zero attached hydrogens (tertiary/aromatic N) is 1. The highest BCUT2D eigenvalue weighted by Gasteiger charge is 2.28. The Labute approximate surface area is 121 Å². The zero-order chi connectivity index (χ0) is 15.3. The largest absolute Gasteiger partial charge is 0.411 e. The van der Waals surface area contributed by atoms with E-state index in [1.54, 1.807) is 12.4 Å². The van der Waals surface area contributed by atoms with Crippen LogP contribution in [0.3, 0.4) is 0 Å². The van der Waals surface area contributed by atoms with Gasteiger partial charge in [0.15, 0.2) is 0 Å². The fourth-order valence-corrected chi connectivity index (χ4v) is 2.22. The molecule has 0 spiro atoms. The lowest BCUT2D eigenvalue weighted by atomic mass is 10.0. The summed E-state index contributed by atoms with van der Waals surface area (Å²) in [5.41, 5.74) is 0.845. The van der Waals surface area contributed by atoms with E-state index in [9.17, 15) is 13.2 Å². The maximum atomic E-state index is 12.2. The highest BCUT2D eigenvalue weighted by Crippen LogP contribution is 2.24. The predicted molar refractivity (Wildman–Crippen MR) is 75.0 cm³/mol. The molecule has 0 radical (unpaired) electrons. The van der Waals surface area contributed by atoms with Gasteiger partial charge in [-0.3, -0.25) is 4.98 Å². The zero-order valence-corrected chi connectivity index (χ0v) is 11.7. The summed E-state index contributed by atoms with van der Waals surface area (Å²) in [6.07, 6.45) is -0.904. The fourth-order valence-electron chi connectivity index (χ4n) is 2.22. The molecule has 0 aliphatic heterocycles. The highest BCUT2D eigenvalue weighted by molar-refractivity contribution is 5.85. The van der Waals surface area contributed by atoms with Gasteiger partial charge in [-0.25, -0.2) is 0 Å². The predicted octanol–water partition coefficient (Wildman–Crippen LogP) is 3.46. The van der Waals surface area contributed by atoms with Crippen LogP contribution >= 0.6 is 0 Å². The summed E-state index contributed by atoms with van der Waals surface area (Å²) < 4.78 is 41.4. The molecule has 6 heteroatoms. The van der Waals surface area contributed by atoms with Crippen LogP contribution in [-0.4, -0.2) is 30.9 Å². The quantitative estimate of drug-likeness (QED) is 0.886. The van der Waals surface area contributed by atoms with Crippen LogP contribution in [0.4, 0.5) is 13.2 Å². The van der Waals surface area contributed by atoms with Crippen molar-refractivity contribution in [2.75, 3.05) is 19.8 Å². The average molecular weight is 298 g/mol. The Bertz CT molecular complexity index is 581. The van der Waals surface area contributed by atoms with Gasteiger partial charge in [0.1, 0.15) is 6.61 Å². The van der Waals surface area contributed by atoms with Crippen LogP contribution in [0.2, 0.25) is 0 Å². The van der Waals surface area contributed by atoms with Crippen molar-refractivity contribution in [1.82, 2.24) is 10.3 Å². The van der Waals surface area contributed by atoms with Gasteiger partial charge in [0.25, 0.3) is 0 Å². The van der Waals surface area contributed by atoms with Gasteiger partial charge in [0.2, 0.25) is 0 Å². The van der Waals surface area contributed by atoms with Gasteiger partial charge >= 0.3 is 6.18 Å². The Hall–Kier alpha value is -1.66.